The van der Waals surface area contributed by atoms with E-state index in [-0.39, 0.29) is 22.5 Å². The van der Waals surface area contributed by atoms with Gasteiger partial charge in [-0.15, -0.1) is 0 Å². The minimum absolute atomic E-state index is 0.0576. The van der Waals surface area contributed by atoms with Gasteiger partial charge in [-0.05, 0) is 19.1 Å². The van der Waals surface area contributed by atoms with Crippen molar-refractivity contribution in [2.24, 2.45) is 0 Å². The van der Waals surface area contributed by atoms with E-state index in [2.05, 4.69) is 20.6 Å². The number of carbonyl (C=O) groups excluding carboxylic acids is 1. The average molecular weight is 392 g/mol. The molecule has 2 aromatic rings. The van der Waals surface area contributed by atoms with Crippen LogP contribution in [-0.4, -0.2) is 37.9 Å². The van der Waals surface area contributed by atoms with Crippen LogP contribution in [0.3, 0.4) is 0 Å². The fourth-order valence-corrected chi connectivity index (χ4v) is 2.13. The molecule has 2 rings (SSSR count). The molecular weight excluding hydrogens is 380 g/mol. The third-order valence-electron chi connectivity index (χ3n) is 3.08. The fraction of sp³-hybridized carbons (Fsp3) is 0.143. The highest BCUT2D eigenvalue weighted by Gasteiger charge is 2.20. The van der Waals surface area contributed by atoms with Gasteiger partial charge in [-0.2, -0.15) is 4.98 Å². The van der Waals surface area contributed by atoms with Crippen LogP contribution in [0.1, 0.15) is 16.1 Å². The minimum atomic E-state index is -0.876. The van der Waals surface area contributed by atoms with Crippen LogP contribution >= 0.6 is 12.2 Å². The Morgan fingerprint density at radius 2 is 1.70 bits per heavy atom. The lowest BCUT2D eigenvalue weighted by molar-refractivity contribution is -0.394. The summed E-state index contributed by atoms with van der Waals surface area (Å²) in [6.07, 6.45) is 0. The Kier molecular flexibility index (Phi) is 5.87. The summed E-state index contributed by atoms with van der Waals surface area (Å²) in [6, 6.07) is 4.13. The molecule has 12 nitrogen and oxygen atoms in total. The van der Waals surface area contributed by atoms with Gasteiger partial charge in [0.15, 0.2) is 5.11 Å². The highest BCUT2D eigenvalue weighted by atomic mass is 32.1. The van der Waals surface area contributed by atoms with Crippen molar-refractivity contribution < 1.29 is 19.4 Å². The van der Waals surface area contributed by atoms with Crippen LogP contribution in [0.15, 0.2) is 24.3 Å². The van der Waals surface area contributed by atoms with Crippen molar-refractivity contribution >= 4 is 40.6 Å². The summed E-state index contributed by atoms with van der Waals surface area (Å²) in [7, 11) is 1.42. The van der Waals surface area contributed by atoms with Crippen LogP contribution < -0.4 is 15.4 Å². The average Bonchev–Trinajstić information content (AvgIpc) is 2.60. The predicted octanol–water partition coefficient (Wildman–Crippen LogP) is 1.74. The summed E-state index contributed by atoms with van der Waals surface area (Å²) in [4.78, 5) is 40.4. The van der Waals surface area contributed by atoms with Gasteiger partial charge in [0, 0.05) is 23.9 Å². The number of benzene rings is 1. The van der Waals surface area contributed by atoms with Crippen molar-refractivity contribution in [2.45, 2.75) is 6.92 Å². The molecule has 0 unspecified atom stereocenters. The van der Waals surface area contributed by atoms with E-state index in [0.717, 1.165) is 18.2 Å². The van der Waals surface area contributed by atoms with Crippen molar-refractivity contribution in [3.8, 4) is 5.88 Å². The first-order valence-electron chi connectivity index (χ1n) is 7.15. The number of anilines is 1. The number of methoxy groups -OCH3 is 1. The molecule has 0 aliphatic rings. The van der Waals surface area contributed by atoms with Gasteiger partial charge in [0.25, 0.3) is 17.3 Å². The number of nitro benzene ring substituents is 2. The minimum Gasteiger partial charge on any atom is -0.481 e. The quantitative estimate of drug-likeness (QED) is 0.435. The Morgan fingerprint density at radius 1 is 1.11 bits per heavy atom. The fourth-order valence-electron chi connectivity index (χ4n) is 1.95. The third kappa shape index (κ3) is 5.12. The van der Waals surface area contributed by atoms with Crippen LogP contribution in [0.2, 0.25) is 0 Å². The van der Waals surface area contributed by atoms with Crippen LogP contribution in [0.25, 0.3) is 0 Å². The van der Waals surface area contributed by atoms with Crippen LogP contribution in [-0.2, 0) is 0 Å². The molecule has 1 aromatic carbocycles. The zero-order valence-corrected chi connectivity index (χ0v) is 14.8. The molecule has 0 radical (unpaired) electrons. The maximum absolute atomic E-state index is 12.2. The number of nitrogens with one attached hydrogen (secondary N) is 2. The van der Waals surface area contributed by atoms with E-state index in [1.165, 1.54) is 7.11 Å². The molecule has 1 amide bonds. The molecule has 13 heteroatoms. The second-order valence-corrected chi connectivity index (χ2v) is 5.44. The lowest BCUT2D eigenvalue weighted by Gasteiger charge is -2.09. The number of nitrogens with zero attached hydrogens (tertiary/aromatic N) is 4. The lowest BCUT2D eigenvalue weighted by Crippen LogP contribution is -2.34. The number of carbonyl (C=O) groups is 1. The highest BCUT2D eigenvalue weighted by molar-refractivity contribution is 7.80. The van der Waals surface area contributed by atoms with Crippen LogP contribution in [0.5, 0.6) is 5.88 Å². The molecule has 1 heterocycles. The molecule has 0 atom stereocenters. The summed E-state index contributed by atoms with van der Waals surface area (Å²) < 4.78 is 4.99. The first-order valence-corrected chi connectivity index (χ1v) is 7.56. The largest absolute Gasteiger partial charge is 0.481 e. The van der Waals surface area contributed by atoms with Gasteiger partial charge in [-0.3, -0.25) is 30.3 Å². The van der Waals surface area contributed by atoms with E-state index >= 15 is 0 Å². The first kappa shape index (κ1) is 19.6. The molecule has 27 heavy (non-hydrogen) atoms. The van der Waals surface area contributed by atoms with E-state index in [0.29, 0.717) is 5.69 Å². The number of hydrogen-bond acceptors (Lipinski definition) is 9. The first-order chi connectivity index (χ1) is 12.7. The Morgan fingerprint density at radius 3 is 2.22 bits per heavy atom. The van der Waals surface area contributed by atoms with Crippen molar-refractivity contribution in [3.63, 3.8) is 0 Å². The van der Waals surface area contributed by atoms with Gasteiger partial charge in [-0.1, -0.05) is 0 Å². The van der Waals surface area contributed by atoms with Gasteiger partial charge in [0.2, 0.25) is 11.8 Å². The molecule has 140 valence electrons. The topological polar surface area (TPSA) is 162 Å². The zero-order valence-electron chi connectivity index (χ0n) is 14.0. The monoisotopic (exact) mass is 392 g/mol. The smallest absolute Gasteiger partial charge is 0.277 e. The molecule has 0 saturated heterocycles. The lowest BCUT2D eigenvalue weighted by atomic mass is 10.1. The van der Waals surface area contributed by atoms with Crippen molar-refractivity contribution in [1.82, 2.24) is 15.3 Å². The zero-order chi connectivity index (χ0) is 20.1. The van der Waals surface area contributed by atoms with Crippen molar-refractivity contribution in [1.29, 1.82) is 0 Å². The van der Waals surface area contributed by atoms with Gasteiger partial charge in [0.1, 0.15) is 0 Å². The van der Waals surface area contributed by atoms with E-state index < -0.39 is 27.1 Å². The SMILES string of the molecule is COc1cc(C)nc(NC(=S)NC(=O)c2cc([N+](=O)[O-])cc([N+](=O)[O-])c2)n1. The van der Waals surface area contributed by atoms with Crippen LogP contribution in [0.4, 0.5) is 17.3 Å². The van der Waals surface area contributed by atoms with Gasteiger partial charge >= 0.3 is 0 Å². The molecule has 0 fully saturated rings. The van der Waals surface area contributed by atoms with Gasteiger partial charge < -0.3 is 10.1 Å². The molecule has 0 aliphatic carbocycles. The predicted molar refractivity (Wildman–Crippen MR) is 96.8 cm³/mol. The Balaban J connectivity index is 2.19. The Bertz CT molecular complexity index is 917. The van der Waals surface area contributed by atoms with Gasteiger partial charge in [-0.25, -0.2) is 4.98 Å². The maximum atomic E-state index is 12.2. The molecule has 1 aromatic heterocycles. The number of thiocarbonyl (C=S) groups is 1. The Hall–Kier alpha value is -3.74. The second-order valence-electron chi connectivity index (χ2n) is 5.04. The number of non-ortho nitro benzene ring substituents is 2. The number of aromatic nitrogens is 2. The molecule has 0 spiro atoms. The number of amides is 1. The van der Waals surface area contributed by atoms with E-state index in [9.17, 15) is 25.0 Å². The number of nitro groups is 2. The number of hydrogen-bond donors (Lipinski definition) is 2. The van der Waals surface area contributed by atoms with Crippen molar-refractivity contribution in [3.05, 3.63) is 55.8 Å². The summed E-state index contributed by atoms with van der Waals surface area (Å²) >= 11 is 4.97. The summed E-state index contributed by atoms with van der Waals surface area (Å²) in [5, 5.41) is 26.4. The highest BCUT2D eigenvalue weighted by Crippen LogP contribution is 2.22. The van der Waals surface area contributed by atoms with E-state index in [4.69, 9.17) is 17.0 Å². The summed E-state index contributed by atoms with van der Waals surface area (Å²) in [5.41, 5.74) is -0.921. The second kappa shape index (κ2) is 8.09. The normalized spacial score (nSPS) is 10.0. The number of aryl methyl sites for hydroxylation is 1. The number of rotatable bonds is 5. The summed E-state index contributed by atoms with van der Waals surface area (Å²) in [5.74, 6) is -0.547. The van der Waals surface area contributed by atoms with Crippen molar-refractivity contribution in [2.75, 3.05) is 12.4 Å². The summed E-state index contributed by atoms with van der Waals surface area (Å²) in [6.45, 7) is 1.69. The van der Waals surface area contributed by atoms with E-state index in [1.807, 2.05) is 0 Å². The molecule has 0 saturated carbocycles. The molecule has 2 N–H and O–H groups in total. The maximum Gasteiger partial charge on any atom is 0.277 e. The van der Waals surface area contributed by atoms with Crippen LogP contribution in [0, 0.1) is 27.2 Å². The third-order valence-corrected chi connectivity index (χ3v) is 3.28. The standard InChI is InChI=1S/C14H12N6O6S/c1-7-3-11(26-2)16-13(15-7)18-14(27)17-12(21)8-4-9(19(22)23)6-10(5-8)20(24)25/h3-6H,1-2H3,(H2,15,16,17,18,21,27). The molecule has 0 aliphatic heterocycles. The Labute approximate surface area is 156 Å². The molecule has 0 bridgehead atoms. The van der Waals surface area contributed by atoms with E-state index in [1.54, 1.807) is 13.0 Å². The van der Waals surface area contributed by atoms with Gasteiger partial charge in [0.05, 0.1) is 28.6 Å². The number of ether oxygens (including phenoxy) is 1. The molecular formula is C14H12N6O6S.